The fourth-order valence-corrected chi connectivity index (χ4v) is 2.83. The first kappa shape index (κ1) is 22.6. The Kier molecular flexibility index (Phi) is 7.64. The number of benzene rings is 3. The molecule has 1 N–H and O–H groups in total. The minimum atomic E-state index is -0.646. The van der Waals surface area contributed by atoms with Crippen molar-refractivity contribution >= 4 is 17.6 Å². The molecule has 0 fully saturated rings. The van der Waals surface area contributed by atoms with E-state index >= 15 is 0 Å². The van der Waals surface area contributed by atoms with E-state index in [2.05, 4.69) is 5.32 Å². The quantitative estimate of drug-likeness (QED) is 0.503. The van der Waals surface area contributed by atoms with Crippen molar-refractivity contribution in [2.45, 2.75) is 6.61 Å². The molecule has 0 aromatic heterocycles. The van der Waals surface area contributed by atoms with Gasteiger partial charge in [0.1, 0.15) is 18.2 Å². The number of rotatable bonds is 9. The summed E-state index contributed by atoms with van der Waals surface area (Å²) in [5.74, 6) is -0.453. The van der Waals surface area contributed by atoms with Crippen LogP contribution in [0.15, 0.2) is 66.7 Å². The molecule has 0 aliphatic carbocycles. The Labute approximate surface area is 184 Å². The van der Waals surface area contributed by atoms with Gasteiger partial charge in [-0.1, -0.05) is 30.3 Å². The highest BCUT2D eigenvalue weighted by Crippen LogP contribution is 2.29. The van der Waals surface area contributed by atoms with Crippen molar-refractivity contribution in [2.75, 3.05) is 26.1 Å². The molecule has 32 heavy (non-hydrogen) atoms. The third kappa shape index (κ3) is 5.75. The standard InChI is InChI=1S/C24H22FNO6/c1-29-20-10-6-5-9-19(20)26-23(27)15-31-21-12-11-16(13-22(21)30-2)24(28)32-14-17-7-3-4-8-18(17)25/h3-13H,14-15H2,1-2H3,(H,26,27). The molecule has 0 unspecified atom stereocenters. The number of nitrogens with one attached hydrogen (secondary N) is 1. The molecule has 0 aliphatic rings. The van der Waals surface area contributed by atoms with Crippen molar-refractivity contribution in [1.82, 2.24) is 0 Å². The van der Waals surface area contributed by atoms with Crippen molar-refractivity contribution in [3.05, 3.63) is 83.7 Å². The number of hydrogen-bond donors (Lipinski definition) is 1. The Balaban J connectivity index is 1.60. The van der Waals surface area contributed by atoms with Crippen molar-refractivity contribution in [3.63, 3.8) is 0 Å². The Morgan fingerprint density at radius 2 is 1.59 bits per heavy atom. The van der Waals surface area contributed by atoms with Gasteiger partial charge in [-0.25, -0.2) is 9.18 Å². The summed E-state index contributed by atoms with van der Waals surface area (Å²) in [6.07, 6.45) is 0. The van der Waals surface area contributed by atoms with Gasteiger partial charge in [-0.05, 0) is 36.4 Å². The number of hydrogen-bond acceptors (Lipinski definition) is 6. The summed E-state index contributed by atoms with van der Waals surface area (Å²) >= 11 is 0. The molecular formula is C24H22FNO6. The minimum absolute atomic E-state index is 0.198. The van der Waals surface area contributed by atoms with Crippen LogP contribution in [0.5, 0.6) is 17.2 Å². The molecular weight excluding hydrogens is 417 g/mol. The second kappa shape index (κ2) is 10.8. The highest BCUT2D eigenvalue weighted by Gasteiger charge is 2.15. The van der Waals surface area contributed by atoms with Crippen LogP contribution in [0, 0.1) is 5.82 Å². The lowest BCUT2D eigenvalue weighted by molar-refractivity contribution is -0.118. The summed E-state index contributed by atoms with van der Waals surface area (Å²) in [5.41, 5.74) is 0.987. The van der Waals surface area contributed by atoms with Gasteiger partial charge in [0, 0.05) is 5.56 Å². The predicted octanol–water partition coefficient (Wildman–Crippen LogP) is 4.22. The van der Waals surface area contributed by atoms with E-state index in [1.807, 2.05) is 0 Å². The van der Waals surface area contributed by atoms with E-state index < -0.39 is 17.7 Å². The third-order valence-corrected chi connectivity index (χ3v) is 4.46. The number of carbonyl (C=O) groups is 2. The zero-order chi connectivity index (χ0) is 22.9. The molecule has 0 saturated heterocycles. The van der Waals surface area contributed by atoms with E-state index in [4.69, 9.17) is 18.9 Å². The van der Waals surface area contributed by atoms with E-state index in [0.717, 1.165) is 0 Å². The van der Waals surface area contributed by atoms with Crippen molar-refractivity contribution in [3.8, 4) is 17.2 Å². The van der Waals surface area contributed by atoms with Crippen LogP contribution in [0.2, 0.25) is 0 Å². The van der Waals surface area contributed by atoms with Crippen LogP contribution in [-0.4, -0.2) is 32.7 Å². The average Bonchev–Trinajstić information content (AvgIpc) is 2.82. The minimum Gasteiger partial charge on any atom is -0.495 e. The Morgan fingerprint density at radius 3 is 2.34 bits per heavy atom. The molecule has 3 aromatic carbocycles. The second-order valence-corrected chi connectivity index (χ2v) is 6.57. The molecule has 0 radical (unpaired) electrons. The number of carbonyl (C=O) groups excluding carboxylic acids is 2. The molecule has 0 spiro atoms. The van der Waals surface area contributed by atoms with Gasteiger partial charge >= 0.3 is 5.97 Å². The molecule has 1 amide bonds. The smallest absolute Gasteiger partial charge is 0.338 e. The van der Waals surface area contributed by atoms with Gasteiger partial charge < -0.3 is 24.3 Å². The van der Waals surface area contributed by atoms with Crippen molar-refractivity contribution in [1.29, 1.82) is 0 Å². The van der Waals surface area contributed by atoms with Crippen LogP contribution in [0.3, 0.4) is 0 Å². The Morgan fingerprint density at radius 1 is 0.875 bits per heavy atom. The first-order valence-corrected chi connectivity index (χ1v) is 9.66. The molecule has 0 atom stereocenters. The molecule has 0 bridgehead atoms. The van der Waals surface area contributed by atoms with Gasteiger partial charge in [0.15, 0.2) is 18.1 Å². The maximum Gasteiger partial charge on any atom is 0.338 e. The van der Waals surface area contributed by atoms with Gasteiger partial charge in [-0.3, -0.25) is 4.79 Å². The zero-order valence-corrected chi connectivity index (χ0v) is 17.6. The topological polar surface area (TPSA) is 83.1 Å². The fourth-order valence-electron chi connectivity index (χ4n) is 2.83. The van der Waals surface area contributed by atoms with E-state index in [0.29, 0.717) is 11.4 Å². The maximum absolute atomic E-state index is 13.7. The highest BCUT2D eigenvalue weighted by molar-refractivity contribution is 5.93. The van der Waals surface area contributed by atoms with Crippen molar-refractivity contribution in [2.24, 2.45) is 0 Å². The second-order valence-electron chi connectivity index (χ2n) is 6.57. The lowest BCUT2D eigenvalue weighted by atomic mass is 10.2. The summed E-state index contributed by atoms with van der Waals surface area (Å²) in [5, 5.41) is 2.70. The summed E-state index contributed by atoms with van der Waals surface area (Å²) in [7, 11) is 2.92. The lowest BCUT2D eigenvalue weighted by Crippen LogP contribution is -2.20. The van der Waals surface area contributed by atoms with E-state index in [9.17, 15) is 14.0 Å². The molecule has 0 heterocycles. The number of ether oxygens (including phenoxy) is 4. The Bertz CT molecular complexity index is 1100. The Hall–Kier alpha value is -4.07. The molecule has 3 aromatic rings. The monoisotopic (exact) mass is 439 g/mol. The van der Waals surface area contributed by atoms with E-state index in [1.165, 1.54) is 44.6 Å². The molecule has 7 nitrogen and oxygen atoms in total. The zero-order valence-electron chi connectivity index (χ0n) is 17.6. The van der Waals surface area contributed by atoms with Gasteiger partial charge in [0.25, 0.3) is 5.91 Å². The van der Waals surface area contributed by atoms with Crippen LogP contribution in [0.4, 0.5) is 10.1 Å². The summed E-state index contributed by atoms with van der Waals surface area (Å²) < 4.78 is 34.8. The lowest BCUT2D eigenvalue weighted by Gasteiger charge is -2.13. The highest BCUT2D eigenvalue weighted by atomic mass is 19.1. The van der Waals surface area contributed by atoms with Crippen LogP contribution < -0.4 is 19.5 Å². The molecule has 0 aliphatic heterocycles. The third-order valence-electron chi connectivity index (χ3n) is 4.46. The number of para-hydroxylation sites is 2. The number of esters is 1. The summed E-state index contributed by atoms with van der Waals surface area (Å²) in [6, 6.07) is 17.4. The fraction of sp³-hybridized carbons (Fsp3) is 0.167. The van der Waals surface area contributed by atoms with E-state index in [1.54, 1.807) is 36.4 Å². The number of anilines is 1. The first-order chi connectivity index (χ1) is 15.5. The van der Waals surface area contributed by atoms with Crippen LogP contribution >= 0.6 is 0 Å². The molecule has 166 valence electrons. The van der Waals surface area contributed by atoms with Crippen LogP contribution in [-0.2, 0) is 16.1 Å². The summed E-state index contributed by atoms with van der Waals surface area (Å²) in [4.78, 5) is 24.6. The van der Waals surface area contributed by atoms with Crippen LogP contribution in [0.25, 0.3) is 0 Å². The maximum atomic E-state index is 13.7. The first-order valence-electron chi connectivity index (χ1n) is 9.66. The number of methoxy groups -OCH3 is 2. The normalized spacial score (nSPS) is 10.2. The average molecular weight is 439 g/mol. The van der Waals surface area contributed by atoms with Gasteiger partial charge in [0.2, 0.25) is 0 Å². The van der Waals surface area contributed by atoms with Gasteiger partial charge in [-0.15, -0.1) is 0 Å². The van der Waals surface area contributed by atoms with Crippen LogP contribution in [0.1, 0.15) is 15.9 Å². The largest absolute Gasteiger partial charge is 0.495 e. The number of amides is 1. The predicted molar refractivity (Wildman–Crippen MR) is 116 cm³/mol. The molecule has 3 rings (SSSR count). The van der Waals surface area contributed by atoms with Gasteiger partial charge in [0.05, 0.1) is 25.5 Å². The summed E-state index contributed by atoms with van der Waals surface area (Å²) in [6.45, 7) is -0.485. The molecule has 8 heteroatoms. The van der Waals surface area contributed by atoms with E-state index in [-0.39, 0.29) is 35.8 Å². The van der Waals surface area contributed by atoms with Gasteiger partial charge in [-0.2, -0.15) is 0 Å². The van der Waals surface area contributed by atoms with Crippen molar-refractivity contribution < 1.29 is 32.9 Å². The number of halogens is 1. The SMILES string of the molecule is COc1ccccc1NC(=O)COc1ccc(C(=O)OCc2ccccc2F)cc1OC. The molecule has 0 saturated carbocycles.